The van der Waals surface area contributed by atoms with Gasteiger partial charge in [0.05, 0.1) is 5.69 Å². The first-order valence-electron chi connectivity index (χ1n) is 6.60. The molecule has 1 atom stereocenters. The van der Waals surface area contributed by atoms with Crippen molar-refractivity contribution in [1.29, 1.82) is 0 Å². The molecule has 2 heterocycles. The third-order valence-electron chi connectivity index (χ3n) is 3.34. The lowest BCUT2D eigenvalue weighted by Gasteiger charge is -2.14. The van der Waals surface area contributed by atoms with Crippen LogP contribution in [0.15, 0.2) is 18.2 Å². The van der Waals surface area contributed by atoms with E-state index in [0.29, 0.717) is 29.5 Å². The maximum absolute atomic E-state index is 12.3. The fourth-order valence-electron chi connectivity index (χ4n) is 2.43. The molecule has 0 spiro atoms. The van der Waals surface area contributed by atoms with Gasteiger partial charge in [0.2, 0.25) is 6.79 Å². The first-order chi connectivity index (χ1) is 9.56. The van der Waals surface area contributed by atoms with E-state index in [9.17, 15) is 9.59 Å². The van der Waals surface area contributed by atoms with Crippen LogP contribution in [-0.4, -0.2) is 24.8 Å². The number of amides is 3. The Morgan fingerprint density at radius 2 is 2.05 bits per heavy atom. The quantitative estimate of drug-likeness (QED) is 0.856. The van der Waals surface area contributed by atoms with Gasteiger partial charge in [-0.3, -0.25) is 4.79 Å². The first-order valence-corrected chi connectivity index (χ1v) is 6.60. The SMILES string of the molecule is CC(C)C[C@H]1NC(=O)N(c2ccc3c(c2)OCO3)C1=O. The topological polar surface area (TPSA) is 67.9 Å². The van der Waals surface area contributed by atoms with Gasteiger partial charge in [-0.25, -0.2) is 9.69 Å². The number of fused-ring (bicyclic) bond motifs is 1. The Bertz CT molecular complexity index is 570. The summed E-state index contributed by atoms with van der Waals surface area (Å²) in [5, 5.41) is 2.72. The number of nitrogens with zero attached hydrogens (tertiary/aromatic N) is 1. The number of anilines is 1. The molecule has 1 aromatic carbocycles. The number of hydrogen-bond donors (Lipinski definition) is 1. The Morgan fingerprint density at radius 1 is 1.30 bits per heavy atom. The maximum Gasteiger partial charge on any atom is 0.329 e. The highest BCUT2D eigenvalue weighted by Crippen LogP contribution is 2.36. The molecule has 3 amide bonds. The molecule has 0 bridgehead atoms. The van der Waals surface area contributed by atoms with Crippen LogP contribution < -0.4 is 19.7 Å². The van der Waals surface area contributed by atoms with Crippen molar-refractivity contribution >= 4 is 17.6 Å². The molecule has 0 aromatic heterocycles. The van der Waals surface area contributed by atoms with Crippen LogP contribution in [-0.2, 0) is 4.79 Å². The summed E-state index contributed by atoms with van der Waals surface area (Å²) in [6.07, 6.45) is 0.631. The number of urea groups is 1. The first kappa shape index (κ1) is 12.8. The predicted molar refractivity (Wildman–Crippen MR) is 71.8 cm³/mol. The van der Waals surface area contributed by atoms with Crippen LogP contribution in [0.3, 0.4) is 0 Å². The standard InChI is InChI=1S/C14H16N2O4/c1-8(2)5-10-13(17)16(14(18)15-10)9-3-4-11-12(6-9)20-7-19-11/h3-4,6,8,10H,5,7H2,1-2H3,(H,15,18)/t10-/m1/s1. The second kappa shape index (κ2) is 4.70. The van der Waals surface area contributed by atoms with Crippen LogP contribution in [0, 0.1) is 5.92 Å². The number of imide groups is 1. The molecular formula is C14H16N2O4. The van der Waals surface area contributed by atoms with Crippen molar-refractivity contribution in [3.8, 4) is 11.5 Å². The third kappa shape index (κ3) is 2.07. The molecule has 1 saturated heterocycles. The molecular weight excluding hydrogens is 260 g/mol. The highest BCUT2D eigenvalue weighted by Gasteiger charge is 2.39. The molecule has 1 fully saturated rings. The zero-order chi connectivity index (χ0) is 14.3. The molecule has 20 heavy (non-hydrogen) atoms. The number of hydrogen-bond acceptors (Lipinski definition) is 4. The lowest BCUT2D eigenvalue weighted by atomic mass is 10.0. The highest BCUT2D eigenvalue weighted by molar-refractivity contribution is 6.21. The van der Waals surface area contributed by atoms with Gasteiger partial charge in [0.15, 0.2) is 11.5 Å². The fourth-order valence-corrected chi connectivity index (χ4v) is 2.43. The van der Waals surface area contributed by atoms with Crippen molar-refractivity contribution in [2.75, 3.05) is 11.7 Å². The number of carbonyl (C=O) groups excluding carboxylic acids is 2. The highest BCUT2D eigenvalue weighted by atomic mass is 16.7. The summed E-state index contributed by atoms with van der Waals surface area (Å²) < 4.78 is 10.5. The minimum Gasteiger partial charge on any atom is -0.454 e. The van der Waals surface area contributed by atoms with E-state index in [1.165, 1.54) is 0 Å². The van der Waals surface area contributed by atoms with Crippen LogP contribution in [0.2, 0.25) is 0 Å². The lowest BCUT2D eigenvalue weighted by molar-refractivity contribution is -0.118. The van der Waals surface area contributed by atoms with Crippen molar-refractivity contribution < 1.29 is 19.1 Å². The summed E-state index contributed by atoms with van der Waals surface area (Å²) in [5.41, 5.74) is 0.503. The maximum atomic E-state index is 12.3. The van der Waals surface area contributed by atoms with Crippen LogP contribution in [0.5, 0.6) is 11.5 Å². The number of benzene rings is 1. The van der Waals surface area contributed by atoms with Crippen LogP contribution >= 0.6 is 0 Å². The molecule has 6 heteroatoms. The van der Waals surface area contributed by atoms with Crippen molar-refractivity contribution in [3.05, 3.63) is 18.2 Å². The third-order valence-corrected chi connectivity index (χ3v) is 3.34. The molecule has 0 unspecified atom stereocenters. The average molecular weight is 276 g/mol. The van der Waals surface area contributed by atoms with E-state index in [0.717, 1.165) is 4.90 Å². The molecule has 1 aromatic rings. The number of nitrogens with one attached hydrogen (secondary N) is 1. The summed E-state index contributed by atoms with van der Waals surface area (Å²) in [5.74, 6) is 1.29. The molecule has 6 nitrogen and oxygen atoms in total. The molecule has 2 aliphatic heterocycles. The van der Waals surface area contributed by atoms with Gasteiger partial charge in [0.1, 0.15) is 6.04 Å². The van der Waals surface area contributed by atoms with E-state index in [1.807, 2.05) is 13.8 Å². The molecule has 106 valence electrons. The van der Waals surface area contributed by atoms with Gasteiger partial charge < -0.3 is 14.8 Å². The largest absolute Gasteiger partial charge is 0.454 e. The van der Waals surface area contributed by atoms with E-state index in [2.05, 4.69) is 5.32 Å². The average Bonchev–Trinajstić information content (AvgIpc) is 2.94. The van der Waals surface area contributed by atoms with E-state index < -0.39 is 6.04 Å². The van der Waals surface area contributed by atoms with Crippen molar-refractivity contribution in [2.24, 2.45) is 5.92 Å². The Hall–Kier alpha value is -2.24. The van der Waals surface area contributed by atoms with Crippen molar-refractivity contribution in [1.82, 2.24) is 5.32 Å². The summed E-state index contributed by atoms with van der Waals surface area (Å²) in [4.78, 5) is 25.5. The summed E-state index contributed by atoms with van der Waals surface area (Å²) in [6.45, 7) is 4.19. The Labute approximate surface area is 116 Å². The van der Waals surface area contributed by atoms with E-state index in [1.54, 1.807) is 18.2 Å². The summed E-state index contributed by atoms with van der Waals surface area (Å²) >= 11 is 0. The van der Waals surface area contributed by atoms with E-state index >= 15 is 0 Å². The van der Waals surface area contributed by atoms with Crippen LogP contribution in [0.1, 0.15) is 20.3 Å². The van der Waals surface area contributed by atoms with Crippen molar-refractivity contribution in [2.45, 2.75) is 26.3 Å². The molecule has 1 N–H and O–H groups in total. The molecule has 0 aliphatic carbocycles. The monoisotopic (exact) mass is 276 g/mol. The second-order valence-corrected chi connectivity index (χ2v) is 5.34. The minimum atomic E-state index is -0.451. The number of rotatable bonds is 3. The van der Waals surface area contributed by atoms with Crippen LogP contribution in [0.25, 0.3) is 0 Å². The van der Waals surface area contributed by atoms with Gasteiger partial charge in [-0.15, -0.1) is 0 Å². The Balaban J connectivity index is 1.86. The predicted octanol–water partition coefficient (Wildman–Crippen LogP) is 1.89. The van der Waals surface area contributed by atoms with Crippen LogP contribution in [0.4, 0.5) is 10.5 Å². The second-order valence-electron chi connectivity index (χ2n) is 5.34. The van der Waals surface area contributed by atoms with Crippen molar-refractivity contribution in [3.63, 3.8) is 0 Å². The summed E-state index contributed by atoms with van der Waals surface area (Å²) in [7, 11) is 0. The van der Waals surface area contributed by atoms with Gasteiger partial charge in [-0.05, 0) is 24.5 Å². The lowest BCUT2D eigenvalue weighted by Crippen LogP contribution is -2.31. The molecule has 0 radical (unpaired) electrons. The molecule has 2 aliphatic rings. The smallest absolute Gasteiger partial charge is 0.329 e. The van der Waals surface area contributed by atoms with Gasteiger partial charge in [0, 0.05) is 6.07 Å². The summed E-state index contributed by atoms with van der Waals surface area (Å²) in [6, 6.07) is 4.20. The normalized spacial score (nSPS) is 20.8. The van der Waals surface area contributed by atoms with Gasteiger partial charge in [-0.1, -0.05) is 13.8 Å². The fraction of sp³-hybridized carbons (Fsp3) is 0.429. The zero-order valence-electron chi connectivity index (χ0n) is 11.4. The minimum absolute atomic E-state index is 0.162. The van der Waals surface area contributed by atoms with E-state index in [4.69, 9.17) is 9.47 Å². The Kier molecular flexibility index (Phi) is 3.00. The number of carbonyl (C=O) groups is 2. The number of ether oxygens (including phenoxy) is 2. The molecule has 0 saturated carbocycles. The van der Waals surface area contributed by atoms with Gasteiger partial charge >= 0.3 is 6.03 Å². The van der Waals surface area contributed by atoms with Gasteiger partial charge in [0.25, 0.3) is 5.91 Å². The zero-order valence-corrected chi connectivity index (χ0v) is 11.4. The van der Waals surface area contributed by atoms with E-state index in [-0.39, 0.29) is 18.7 Å². The molecule has 3 rings (SSSR count). The van der Waals surface area contributed by atoms with Gasteiger partial charge in [-0.2, -0.15) is 0 Å². The Morgan fingerprint density at radius 3 is 2.80 bits per heavy atom.